The zero-order valence-corrected chi connectivity index (χ0v) is 7.26. The lowest BCUT2D eigenvalue weighted by Gasteiger charge is -2.00. The molecule has 0 saturated carbocycles. The third-order valence-electron chi connectivity index (χ3n) is 1.45. The predicted octanol–water partition coefficient (Wildman–Crippen LogP) is -0.248. The Kier molecular flexibility index (Phi) is 2.68. The highest BCUT2D eigenvalue weighted by Crippen LogP contribution is 1.95. The first kappa shape index (κ1) is 8.58. The maximum atomic E-state index is 5.43. The van der Waals surface area contributed by atoms with Crippen LogP contribution in [0, 0.1) is 6.92 Å². The van der Waals surface area contributed by atoms with Gasteiger partial charge in [0, 0.05) is 12.7 Å². The van der Waals surface area contributed by atoms with E-state index in [0.717, 1.165) is 11.4 Å². The van der Waals surface area contributed by atoms with Gasteiger partial charge in [-0.15, -0.1) is 0 Å². The molecule has 0 aliphatic rings. The normalized spacial score (nSPS) is 11.7. The van der Waals surface area contributed by atoms with E-state index >= 15 is 0 Å². The molecule has 0 radical (unpaired) electrons. The summed E-state index contributed by atoms with van der Waals surface area (Å²) in [5, 5.41) is 9.77. The van der Waals surface area contributed by atoms with Crippen LogP contribution >= 0.6 is 0 Å². The number of nitrogens with one attached hydrogen (secondary N) is 2. The molecule has 4 N–H and O–H groups in total. The summed E-state index contributed by atoms with van der Waals surface area (Å²) in [6, 6.07) is 1.95. The van der Waals surface area contributed by atoms with Crippen molar-refractivity contribution in [1.82, 2.24) is 15.5 Å². The summed E-state index contributed by atoms with van der Waals surface area (Å²) in [6.07, 6.45) is 0. The molecule has 0 fully saturated rings. The molecule has 5 nitrogen and oxygen atoms in total. The van der Waals surface area contributed by atoms with Gasteiger partial charge in [-0.05, 0) is 13.0 Å². The van der Waals surface area contributed by atoms with E-state index in [4.69, 9.17) is 5.73 Å². The molecule has 0 amide bonds. The van der Waals surface area contributed by atoms with Gasteiger partial charge in [0.2, 0.25) is 0 Å². The van der Waals surface area contributed by atoms with Crippen LogP contribution in [-0.4, -0.2) is 23.2 Å². The average molecular weight is 167 g/mol. The number of aryl methyl sites for hydroxylation is 1. The molecule has 0 spiro atoms. The number of aromatic amines is 1. The van der Waals surface area contributed by atoms with Gasteiger partial charge in [-0.25, -0.2) is 0 Å². The summed E-state index contributed by atoms with van der Waals surface area (Å²) in [4.78, 5) is 3.76. The van der Waals surface area contributed by atoms with Gasteiger partial charge in [0.25, 0.3) is 0 Å². The molecule has 0 aromatic carbocycles. The van der Waals surface area contributed by atoms with E-state index in [1.165, 1.54) is 0 Å². The van der Waals surface area contributed by atoms with Crippen LogP contribution in [0.25, 0.3) is 0 Å². The Morgan fingerprint density at radius 1 is 1.83 bits per heavy atom. The lowest BCUT2D eigenvalue weighted by Crippen LogP contribution is -2.30. The van der Waals surface area contributed by atoms with Crippen molar-refractivity contribution in [2.24, 2.45) is 10.7 Å². The number of guanidine groups is 1. The van der Waals surface area contributed by atoms with Crippen molar-refractivity contribution in [2.75, 3.05) is 7.05 Å². The zero-order chi connectivity index (χ0) is 8.97. The van der Waals surface area contributed by atoms with Gasteiger partial charge in [-0.1, -0.05) is 0 Å². The minimum Gasteiger partial charge on any atom is -0.370 e. The van der Waals surface area contributed by atoms with E-state index in [2.05, 4.69) is 20.5 Å². The summed E-state index contributed by atoms with van der Waals surface area (Å²) in [5.74, 6) is 0.427. The largest absolute Gasteiger partial charge is 0.370 e. The number of aliphatic imine (C=N–C) groups is 1. The van der Waals surface area contributed by atoms with Crippen LogP contribution in [0.1, 0.15) is 11.4 Å². The number of hydrogen-bond acceptors (Lipinski definition) is 2. The van der Waals surface area contributed by atoms with Crippen molar-refractivity contribution in [3.05, 3.63) is 17.5 Å². The van der Waals surface area contributed by atoms with Crippen LogP contribution in [-0.2, 0) is 6.54 Å². The topological polar surface area (TPSA) is 79.1 Å². The Balaban J connectivity index is 2.43. The van der Waals surface area contributed by atoms with E-state index in [1.807, 2.05) is 13.0 Å². The number of hydrogen-bond donors (Lipinski definition) is 3. The van der Waals surface area contributed by atoms with E-state index in [0.29, 0.717) is 12.5 Å². The van der Waals surface area contributed by atoms with Gasteiger partial charge in [0.1, 0.15) is 0 Å². The molecule has 0 atom stereocenters. The third kappa shape index (κ3) is 2.26. The van der Waals surface area contributed by atoms with Gasteiger partial charge >= 0.3 is 0 Å². The number of nitrogens with zero attached hydrogens (tertiary/aromatic N) is 2. The maximum absolute atomic E-state index is 5.43. The Bertz CT molecular complexity index is 275. The second-order valence-electron chi connectivity index (χ2n) is 2.50. The third-order valence-corrected chi connectivity index (χ3v) is 1.45. The van der Waals surface area contributed by atoms with Gasteiger partial charge in [-0.2, -0.15) is 5.10 Å². The van der Waals surface area contributed by atoms with Crippen LogP contribution in [0.3, 0.4) is 0 Å². The van der Waals surface area contributed by atoms with Crippen molar-refractivity contribution in [2.45, 2.75) is 13.5 Å². The lowest BCUT2D eigenvalue weighted by molar-refractivity contribution is 0.848. The molecule has 1 aromatic heterocycles. The standard InChI is InChI=1S/C7H13N5/c1-5-3-6(12-11-5)4-10-7(8)9-2/h3H,4H2,1-2H3,(H,11,12)(H3,8,9,10). The summed E-state index contributed by atoms with van der Waals surface area (Å²) >= 11 is 0. The van der Waals surface area contributed by atoms with Gasteiger partial charge in [0.05, 0.1) is 12.2 Å². The molecule has 0 aliphatic carbocycles. The molecule has 66 valence electrons. The molecule has 0 saturated heterocycles. The molecule has 1 heterocycles. The summed E-state index contributed by atoms with van der Waals surface area (Å²) in [6.45, 7) is 2.56. The van der Waals surface area contributed by atoms with Gasteiger partial charge in [0.15, 0.2) is 5.96 Å². The molecule has 5 heteroatoms. The van der Waals surface area contributed by atoms with Crippen LogP contribution in [0.2, 0.25) is 0 Å². The summed E-state index contributed by atoms with van der Waals surface area (Å²) < 4.78 is 0. The van der Waals surface area contributed by atoms with Crippen molar-refractivity contribution in [3.8, 4) is 0 Å². The van der Waals surface area contributed by atoms with Crippen molar-refractivity contribution < 1.29 is 0 Å². The highest BCUT2D eigenvalue weighted by molar-refractivity contribution is 5.77. The first-order valence-electron chi connectivity index (χ1n) is 3.69. The minimum atomic E-state index is 0.427. The number of H-pyrrole nitrogens is 1. The summed E-state index contributed by atoms with van der Waals surface area (Å²) in [7, 11) is 1.64. The first-order chi connectivity index (χ1) is 5.72. The summed E-state index contributed by atoms with van der Waals surface area (Å²) in [5.41, 5.74) is 7.40. The predicted molar refractivity (Wildman–Crippen MR) is 47.7 cm³/mol. The van der Waals surface area contributed by atoms with Crippen LogP contribution in [0.15, 0.2) is 11.1 Å². The van der Waals surface area contributed by atoms with E-state index in [1.54, 1.807) is 7.05 Å². The zero-order valence-electron chi connectivity index (χ0n) is 7.26. The highest BCUT2D eigenvalue weighted by atomic mass is 15.1. The molecular weight excluding hydrogens is 154 g/mol. The minimum absolute atomic E-state index is 0.427. The number of aromatic nitrogens is 2. The van der Waals surface area contributed by atoms with Crippen molar-refractivity contribution >= 4 is 5.96 Å². The smallest absolute Gasteiger partial charge is 0.188 e. The fraction of sp³-hybridized carbons (Fsp3) is 0.429. The van der Waals surface area contributed by atoms with E-state index in [9.17, 15) is 0 Å². The molecule has 0 aliphatic heterocycles. The van der Waals surface area contributed by atoms with E-state index < -0.39 is 0 Å². The SMILES string of the molecule is CN=C(N)NCc1cc(C)[nH]n1. The lowest BCUT2D eigenvalue weighted by atomic mass is 10.4. The Morgan fingerprint density at radius 3 is 3.08 bits per heavy atom. The molecule has 1 aromatic rings. The van der Waals surface area contributed by atoms with E-state index in [-0.39, 0.29) is 0 Å². The molecular formula is C7H13N5. The Hall–Kier alpha value is -1.52. The number of nitrogens with two attached hydrogens (primary N) is 1. The average Bonchev–Trinajstić information content (AvgIpc) is 2.47. The number of rotatable bonds is 2. The van der Waals surface area contributed by atoms with Crippen LogP contribution in [0.4, 0.5) is 0 Å². The molecule has 0 bridgehead atoms. The monoisotopic (exact) mass is 167 g/mol. The molecule has 0 unspecified atom stereocenters. The van der Waals surface area contributed by atoms with Crippen LogP contribution in [0.5, 0.6) is 0 Å². The molecule has 12 heavy (non-hydrogen) atoms. The molecule has 1 rings (SSSR count). The quantitative estimate of drug-likeness (QED) is 0.420. The maximum Gasteiger partial charge on any atom is 0.188 e. The fourth-order valence-electron chi connectivity index (χ4n) is 0.825. The Morgan fingerprint density at radius 2 is 2.58 bits per heavy atom. The van der Waals surface area contributed by atoms with Gasteiger partial charge in [-0.3, -0.25) is 10.1 Å². The highest BCUT2D eigenvalue weighted by Gasteiger charge is 1.96. The van der Waals surface area contributed by atoms with Crippen molar-refractivity contribution in [1.29, 1.82) is 0 Å². The second-order valence-corrected chi connectivity index (χ2v) is 2.50. The van der Waals surface area contributed by atoms with Crippen molar-refractivity contribution in [3.63, 3.8) is 0 Å². The Labute approximate surface area is 71.1 Å². The van der Waals surface area contributed by atoms with Gasteiger partial charge < -0.3 is 11.1 Å². The first-order valence-corrected chi connectivity index (χ1v) is 3.69. The van der Waals surface area contributed by atoms with Crippen LogP contribution < -0.4 is 11.1 Å². The second kappa shape index (κ2) is 3.75. The fourth-order valence-corrected chi connectivity index (χ4v) is 0.825.